The lowest BCUT2D eigenvalue weighted by atomic mass is 9.64. The summed E-state index contributed by atoms with van der Waals surface area (Å²) in [4.78, 5) is 9.88. The summed E-state index contributed by atoms with van der Waals surface area (Å²) in [5, 5.41) is 6.91. The third kappa shape index (κ3) is 5.66. The van der Waals surface area contributed by atoms with Crippen molar-refractivity contribution in [3.05, 3.63) is 240 Å². The maximum atomic E-state index is 6.90. The van der Waals surface area contributed by atoms with Crippen molar-refractivity contribution < 1.29 is 4.42 Å². The number of allylic oxidation sites excluding steroid dienone is 6. The number of benzene rings is 8. The first-order valence-corrected chi connectivity index (χ1v) is 23.1. The van der Waals surface area contributed by atoms with Gasteiger partial charge in [-0.15, -0.1) is 0 Å². The molecule has 1 atom stereocenters. The van der Waals surface area contributed by atoms with Crippen LogP contribution in [0, 0.1) is 0 Å². The molecule has 0 fully saturated rings. The Morgan fingerprint density at radius 1 is 0.567 bits per heavy atom. The van der Waals surface area contributed by atoms with Gasteiger partial charge in [-0.05, 0) is 155 Å². The fourth-order valence-corrected chi connectivity index (χ4v) is 11.3. The second kappa shape index (κ2) is 14.4. The lowest BCUT2D eigenvalue weighted by Gasteiger charge is -2.38. The van der Waals surface area contributed by atoms with Crippen LogP contribution in [0.25, 0.3) is 49.5 Å². The van der Waals surface area contributed by atoms with Gasteiger partial charge in [-0.1, -0.05) is 109 Å². The van der Waals surface area contributed by atoms with Crippen molar-refractivity contribution >= 4 is 84.0 Å². The van der Waals surface area contributed by atoms with E-state index < -0.39 is 0 Å². The van der Waals surface area contributed by atoms with E-state index in [2.05, 4.69) is 239 Å². The molecule has 4 aliphatic rings. The highest BCUT2D eigenvalue weighted by Crippen LogP contribution is 2.60. The molecule has 10 aromatic rings. The first-order chi connectivity index (χ1) is 33.1. The topological polar surface area (TPSA) is 48.9 Å². The van der Waals surface area contributed by atoms with E-state index in [0.29, 0.717) is 6.67 Å². The van der Waals surface area contributed by atoms with Crippen molar-refractivity contribution in [1.82, 2.24) is 4.57 Å². The smallest absolute Gasteiger partial charge is 0.194 e. The molecule has 0 saturated carbocycles. The van der Waals surface area contributed by atoms with Crippen LogP contribution in [-0.2, 0) is 5.41 Å². The Bertz CT molecular complexity index is 3570. The predicted octanol–water partition coefficient (Wildman–Crippen LogP) is 15.7. The zero-order valence-corrected chi connectivity index (χ0v) is 36.8. The normalized spacial score (nSPS) is 16.6. The van der Waals surface area contributed by atoms with Crippen LogP contribution in [0.5, 0.6) is 0 Å². The van der Waals surface area contributed by atoms with E-state index in [-0.39, 0.29) is 5.41 Å². The summed E-state index contributed by atoms with van der Waals surface area (Å²) >= 11 is 0. The number of hydrogen-bond donors (Lipinski definition) is 1. The van der Waals surface area contributed by atoms with Crippen LogP contribution in [0.3, 0.4) is 0 Å². The van der Waals surface area contributed by atoms with E-state index in [1.165, 1.54) is 33.4 Å². The van der Waals surface area contributed by atoms with Crippen LogP contribution >= 0.6 is 0 Å². The van der Waals surface area contributed by atoms with Crippen molar-refractivity contribution in [1.29, 1.82) is 0 Å². The van der Waals surface area contributed by atoms with Gasteiger partial charge in [0.15, 0.2) is 11.6 Å². The van der Waals surface area contributed by atoms with E-state index in [1.54, 1.807) is 0 Å². The summed E-state index contributed by atoms with van der Waals surface area (Å²) in [5.74, 6) is 1.51. The molecule has 8 aromatic carbocycles. The number of fused-ring (bicyclic) bond motifs is 9. The van der Waals surface area contributed by atoms with Gasteiger partial charge in [-0.3, -0.25) is 4.57 Å². The van der Waals surface area contributed by atoms with Crippen molar-refractivity contribution in [2.45, 2.75) is 18.8 Å². The minimum Gasteiger partial charge on any atom is -0.451 e. The summed E-state index contributed by atoms with van der Waals surface area (Å²) in [6, 6.07) is 69.6. The first-order valence-electron chi connectivity index (χ1n) is 23.1. The van der Waals surface area contributed by atoms with Crippen LogP contribution in [0.2, 0.25) is 0 Å². The molecule has 1 N–H and O–H groups in total. The van der Waals surface area contributed by atoms with Gasteiger partial charge in [0.1, 0.15) is 12.3 Å². The van der Waals surface area contributed by atoms with Gasteiger partial charge in [0.25, 0.3) is 0 Å². The second-order valence-corrected chi connectivity index (χ2v) is 18.1. The quantitative estimate of drug-likeness (QED) is 0.173. The fourth-order valence-electron chi connectivity index (χ4n) is 11.3. The number of anilines is 7. The second-order valence-electron chi connectivity index (χ2n) is 18.1. The molecule has 2 aromatic heterocycles. The summed E-state index contributed by atoms with van der Waals surface area (Å²) in [6.07, 6.45) is 8.14. The Hall–Kier alpha value is -8.61. The van der Waals surface area contributed by atoms with Crippen molar-refractivity contribution in [3.8, 4) is 11.1 Å². The average molecular weight is 862 g/mol. The van der Waals surface area contributed by atoms with Crippen LogP contribution in [0.4, 0.5) is 39.8 Å². The van der Waals surface area contributed by atoms with Crippen molar-refractivity contribution in [3.63, 3.8) is 0 Å². The number of nitrogens with zero attached hydrogens (tertiary/aromatic N) is 4. The number of furan rings is 1. The molecule has 14 rings (SSSR count). The molecule has 0 radical (unpaired) electrons. The van der Waals surface area contributed by atoms with Gasteiger partial charge in [0, 0.05) is 55.7 Å². The molecule has 6 heteroatoms. The molecule has 318 valence electrons. The van der Waals surface area contributed by atoms with Gasteiger partial charge in [0.05, 0.1) is 16.7 Å². The van der Waals surface area contributed by atoms with Crippen LogP contribution in [0.15, 0.2) is 233 Å². The molecule has 0 bridgehead atoms. The summed E-state index contributed by atoms with van der Waals surface area (Å²) in [5.41, 5.74) is 19.9. The lowest BCUT2D eigenvalue weighted by molar-refractivity contribution is 0.600. The van der Waals surface area contributed by atoms with E-state index in [9.17, 15) is 0 Å². The van der Waals surface area contributed by atoms with Gasteiger partial charge >= 0.3 is 0 Å². The molecule has 0 saturated heterocycles. The van der Waals surface area contributed by atoms with E-state index >= 15 is 0 Å². The number of aliphatic imine (C=N–C) groups is 1. The number of aromatic nitrogens is 1. The molecular weight excluding hydrogens is 819 g/mol. The molecule has 67 heavy (non-hydrogen) atoms. The number of para-hydroxylation sites is 4. The molecule has 6 nitrogen and oxygen atoms in total. The van der Waals surface area contributed by atoms with Gasteiger partial charge in [-0.2, -0.15) is 0 Å². The van der Waals surface area contributed by atoms with Crippen LogP contribution in [0.1, 0.15) is 30.2 Å². The summed E-state index contributed by atoms with van der Waals surface area (Å²) in [6.45, 7) is 2.79. The van der Waals surface area contributed by atoms with Gasteiger partial charge in [0.2, 0.25) is 0 Å². The fraction of sp³-hybridized carbons (Fsp3) is 0.0656. The summed E-state index contributed by atoms with van der Waals surface area (Å²) < 4.78 is 9.20. The van der Waals surface area contributed by atoms with Crippen LogP contribution < -0.4 is 15.1 Å². The standard InChI is InChI=1S/C61H43N5O/c1-61-37-41-15-14-24-49(57(41)61)48-29-25-40(34-53(48)61)39-26-32-56-52(33-39)58-59(67-56)60(63-38-62-58)66-54-30-27-46(64(42-16-6-2-7-17-42)43-18-8-3-9-19-43)35-50(54)51-36-47(28-31-55(51)66)65(44-20-10-4-11-21-44)45-22-12-5-13-23-45/h2-14,16-37,62H,15,38H2,1H3. The molecule has 0 amide bonds. The van der Waals surface area contributed by atoms with Crippen molar-refractivity contribution in [2.75, 3.05) is 21.8 Å². The Kier molecular flexibility index (Phi) is 8.14. The molecule has 3 heterocycles. The molecule has 3 aliphatic carbocycles. The van der Waals surface area contributed by atoms with E-state index in [1.807, 2.05) is 0 Å². The molecule has 0 spiro atoms. The average Bonchev–Trinajstić information content (AvgIpc) is 3.99. The minimum absolute atomic E-state index is 0.0147. The largest absolute Gasteiger partial charge is 0.451 e. The maximum Gasteiger partial charge on any atom is 0.194 e. The Balaban J connectivity index is 0.938. The minimum atomic E-state index is -0.0147. The first kappa shape index (κ1) is 37.7. The Labute approximate surface area is 388 Å². The lowest BCUT2D eigenvalue weighted by Crippen LogP contribution is -2.29. The zero-order chi connectivity index (χ0) is 44.2. The molecule has 1 aliphatic heterocycles. The summed E-state index contributed by atoms with van der Waals surface area (Å²) in [7, 11) is 0. The zero-order valence-electron chi connectivity index (χ0n) is 36.8. The third-order valence-electron chi connectivity index (χ3n) is 14.3. The number of rotatable bonds is 7. The SMILES string of the molecule is CC12C=C3CC=CC(=C31)c1ccc(-c3ccc4oc5c(c4c3)NCN=C5n3c4ccc(N(c5ccccc5)c5ccccc5)cc4c4cc(N(c5ccccc5)c5ccccc5)ccc43)cc12. The van der Waals surface area contributed by atoms with Gasteiger partial charge in [-0.25, -0.2) is 4.99 Å². The monoisotopic (exact) mass is 861 g/mol. The maximum absolute atomic E-state index is 6.90. The molecular formula is C61H43N5O. The van der Waals surface area contributed by atoms with Crippen molar-refractivity contribution in [2.24, 2.45) is 4.99 Å². The Morgan fingerprint density at radius 2 is 1.12 bits per heavy atom. The third-order valence-corrected chi connectivity index (χ3v) is 14.3. The van der Waals surface area contributed by atoms with Gasteiger partial charge < -0.3 is 19.5 Å². The van der Waals surface area contributed by atoms with E-state index in [0.717, 1.165) is 96.2 Å². The predicted molar refractivity (Wildman–Crippen MR) is 277 cm³/mol. The highest BCUT2D eigenvalue weighted by molar-refractivity contribution is 6.21. The molecule has 1 unspecified atom stereocenters. The highest BCUT2D eigenvalue weighted by atomic mass is 16.3. The van der Waals surface area contributed by atoms with E-state index in [4.69, 9.17) is 9.41 Å². The number of nitrogens with one attached hydrogen (secondary N) is 1. The Morgan fingerprint density at radius 3 is 1.70 bits per heavy atom. The van der Waals surface area contributed by atoms with Crippen LogP contribution in [-0.4, -0.2) is 17.1 Å². The number of hydrogen-bond acceptors (Lipinski definition) is 5. The highest BCUT2D eigenvalue weighted by Gasteiger charge is 2.47.